The van der Waals surface area contributed by atoms with Crippen molar-refractivity contribution in [1.82, 2.24) is 4.98 Å². The smallest absolute Gasteiger partial charge is 0.146 e. The minimum Gasteiger partial charge on any atom is -0.455 e. The lowest BCUT2D eigenvalue weighted by Crippen LogP contribution is -1.97. The molecule has 0 aliphatic carbocycles. The van der Waals surface area contributed by atoms with Crippen molar-refractivity contribution < 1.29 is 4.74 Å². The maximum atomic E-state index is 5.78. The third-order valence-electron chi connectivity index (χ3n) is 2.40. The van der Waals surface area contributed by atoms with Gasteiger partial charge in [-0.05, 0) is 46.1 Å². The van der Waals surface area contributed by atoms with Crippen LogP contribution in [0.5, 0.6) is 11.5 Å². The lowest BCUT2D eigenvalue weighted by Gasteiger charge is -2.10. The molecule has 0 saturated carbocycles. The van der Waals surface area contributed by atoms with Crippen LogP contribution in [0.15, 0.2) is 41.1 Å². The number of pyridine rings is 1. The molecule has 1 aromatic carbocycles. The molecule has 0 spiro atoms. The quantitative estimate of drug-likeness (QED) is 0.943. The van der Waals surface area contributed by atoms with Crippen LogP contribution in [0.4, 0.5) is 0 Å². The predicted octanol–water partition coefficient (Wildman–Crippen LogP) is 3.40. The number of hydrogen-bond donors (Lipinski definition) is 1. The second kappa shape index (κ2) is 5.29. The van der Waals surface area contributed by atoms with Gasteiger partial charge in [0, 0.05) is 17.2 Å². The summed E-state index contributed by atoms with van der Waals surface area (Å²) >= 11 is 3.36. The monoisotopic (exact) mass is 292 g/mol. The molecule has 0 aliphatic rings. The van der Waals surface area contributed by atoms with Gasteiger partial charge >= 0.3 is 0 Å². The van der Waals surface area contributed by atoms with Gasteiger partial charge in [0.2, 0.25) is 0 Å². The SMILES string of the molecule is Cc1ccc(CN)cc1Oc1cncc(Br)c1. The molecule has 17 heavy (non-hydrogen) atoms. The van der Waals surface area contributed by atoms with Gasteiger partial charge in [-0.2, -0.15) is 0 Å². The third-order valence-corrected chi connectivity index (χ3v) is 2.83. The first-order chi connectivity index (χ1) is 8.19. The predicted molar refractivity (Wildman–Crippen MR) is 71.1 cm³/mol. The fourth-order valence-electron chi connectivity index (χ4n) is 1.46. The van der Waals surface area contributed by atoms with Crippen molar-refractivity contribution in [3.63, 3.8) is 0 Å². The maximum Gasteiger partial charge on any atom is 0.146 e. The number of rotatable bonds is 3. The largest absolute Gasteiger partial charge is 0.455 e. The Morgan fingerprint density at radius 3 is 2.82 bits per heavy atom. The van der Waals surface area contributed by atoms with E-state index in [1.807, 2.05) is 31.2 Å². The Balaban J connectivity index is 2.29. The van der Waals surface area contributed by atoms with E-state index in [2.05, 4.69) is 20.9 Å². The fourth-order valence-corrected chi connectivity index (χ4v) is 1.80. The fraction of sp³-hybridized carbons (Fsp3) is 0.154. The molecule has 2 rings (SSSR count). The molecule has 88 valence electrons. The van der Waals surface area contributed by atoms with Crippen LogP contribution in [0, 0.1) is 6.92 Å². The van der Waals surface area contributed by atoms with Gasteiger partial charge in [-0.1, -0.05) is 12.1 Å². The molecule has 0 bridgehead atoms. The van der Waals surface area contributed by atoms with Crippen molar-refractivity contribution in [2.45, 2.75) is 13.5 Å². The summed E-state index contributed by atoms with van der Waals surface area (Å²) in [6.07, 6.45) is 3.40. The lowest BCUT2D eigenvalue weighted by molar-refractivity contribution is 0.475. The van der Waals surface area contributed by atoms with E-state index in [-0.39, 0.29) is 0 Å². The van der Waals surface area contributed by atoms with Gasteiger partial charge in [0.1, 0.15) is 11.5 Å². The molecule has 2 N–H and O–H groups in total. The summed E-state index contributed by atoms with van der Waals surface area (Å²) in [6.45, 7) is 2.51. The minimum absolute atomic E-state index is 0.507. The molecular formula is C13H13BrN2O. The highest BCUT2D eigenvalue weighted by Gasteiger charge is 2.03. The molecule has 0 amide bonds. The lowest BCUT2D eigenvalue weighted by atomic mass is 10.1. The Labute approximate surface area is 109 Å². The summed E-state index contributed by atoms with van der Waals surface area (Å²) in [5, 5.41) is 0. The maximum absolute atomic E-state index is 5.78. The summed E-state index contributed by atoms with van der Waals surface area (Å²) < 4.78 is 6.68. The van der Waals surface area contributed by atoms with Gasteiger partial charge in [-0.25, -0.2) is 0 Å². The molecule has 0 atom stereocenters. The van der Waals surface area contributed by atoms with E-state index in [9.17, 15) is 0 Å². The second-order valence-electron chi connectivity index (χ2n) is 3.74. The molecule has 0 saturated heterocycles. The number of hydrogen-bond acceptors (Lipinski definition) is 3. The van der Waals surface area contributed by atoms with E-state index < -0.39 is 0 Å². The van der Waals surface area contributed by atoms with Crippen molar-refractivity contribution >= 4 is 15.9 Å². The molecule has 0 radical (unpaired) electrons. The first-order valence-electron chi connectivity index (χ1n) is 5.27. The van der Waals surface area contributed by atoms with Crippen molar-refractivity contribution in [2.24, 2.45) is 5.73 Å². The van der Waals surface area contributed by atoms with Gasteiger partial charge in [0.05, 0.1) is 6.20 Å². The standard InChI is InChI=1S/C13H13BrN2O/c1-9-2-3-10(6-15)4-13(9)17-12-5-11(14)7-16-8-12/h2-5,7-8H,6,15H2,1H3. The highest BCUT2D eigenvalue weighted by molar-refractivity contribution is 9.10. The summed E-state index contributed by atoms with van der Waals surface area (Å²) in [5.74, 6) is 1.52. The number of nitrogens with two attached hydrogens (primary N) is 1. The number of benzene rings is 1. The van der Waals surface area contributed by atoms with E-state index in [1.165, 1.54) is 0 Å². The van der Waals surface area contributed by atoms with Gasteiger partial charge in [0.25, 0.3) is 0 Å². The van der Waals surface area contributed by atoms with E-state index in [0.717, 1.165) is 21.3 Å². The van der Waals surface area contributed by atoms with E-state index >= 15 is 0 Å². The third kappa shape index (κ3) is 3.05. The van der Waals surface area contributed by atoms with Crippen LogP contribution >= 0.6 is 15.9 Å². The Hall–Kier alpha value is -1.39. The molecule has 0 aliphatic heterocycles. The van der Waals surface area contributed by atoms with Crippen LogP contribution in [-0.2, 0) is 6.54 Å². The molecule has 4 heteroatoms. The average molecular weight is 293 g/mol. The highest BCUT2D eigenvalue weighted by atomic mass is 79.9. The van der Waals surface area contributed by atoms with E-state index in [1.54, 1.807) is 12.4 Å². The zero-order chi connectivity index (χ0) is 12.3. The van der Waals surface area contributed by atoms with Crippen LogP contribution in [0.2, 0.25) is 0 Å². The molecule has 1 aromatic heterocycles. The average Bonchev–Trinajstić information content (AvgIpc) is 2.32. The van der Waals surface area contributed by atoms with Crippen molar-refractivity contribution in [3.05, 3.63) is 52.3 Å². The Morgan fingerprint density at radius 2 is 2.12 bits per heavy atom. The first kappa shape index (κ1) is 12.1. The molecule has 0 fully saturated rings. The number of ether oxygens (including phenoxy) is 1. The van der Waals surface area contributed by atoms with Crippen molar-refractivity contribution in [1.29, 1.82) is 0 Å². The van der Waals surface area contributed by atoms with Crippen LogP contribution < -0.4 is 10.5 Å². The Morgan fingerprint density at radius 1 is 1.29 bits per heavy atom. The van der Waals surface area contributed by atoms with Gasteiger partial charge < -0.3 is 10.5 Å². The van der Waals surface area contributed by atoms with Crippen molar-refractivity contribution in [3.8, 4) is 11.5 Å². The normalized spacial score (nSPS) is 10.3. The molecule has 2 aromatic rings. The van der Waals surface area contributed by atoms with Gasteiger partial charge in [-0.15, -0.1) is 0 Å². The van der Waals surface area contributed by atoms with Gasteiger partial charge in [-0.3, -0.25) is 4.98 Å². The molecule has 1 heterocycles. The number of halogens is 1. The topological polar surface area (TPSA) is 48.1 Å². The minimum atomic E-state index is 0.507. The zero-order valence-corrected chi connectivity index (χ0v) is 11.1. The van der Waals surface area contributed by atoms with Gasteiger partial charge in [0.15, 0.2) is 0 Å². The summed E-state index contributed by atoms with van der Waals surface area (Å²) in [5.41, 5.74) is 7.73. The Bertz CT molecular complexity index is 529. The molecular weight excluding hydrogens is 280 g/mol. The van der Waals surface area contributed by atoms with Crippen LogP contribution in [0.3, 0.4) is 0 Å². The van der Waals surface area contributed by atoms with Crippen LogP contribution in [0.1, 0.15) is 11.1 Å². The molecule has 3 nitrogen and oxygen atoms in total. The number of nitrogens with zero attached hydrogens (tertiary/aromatic N) is 1. The zero-order valence-electron chi connectivity index (χ0n) is 9.48. The second-order valence-corrected chi connectivity index (χ2v) is 4.66. The summed E-state index contributed by atoms with van der Waals surface area (Å²) in [4.78, 5) is 4.06. The summed E-state index contributed by atoms with van der Waals surface area (Å²) in [6, 6.07) is 7.84. The van der Waals surface area contributed by atoms with E-state index in [4.69, 9.17) is 10.5 Å². The highest BCUT2D eigenvalue weighted by Crippen LogP contribution is 2.27. The first-order valence-corrected chi connectivity index (χ1v) is 6.06. The summed E-state index contributed by atoms with van der Waals surface area (Å²) in [7, 11) is 0. The Kier molecular flexibility index (Phi) is 3.76. The number of aryl methyl sites for hydroxylation is 1. The van der Waals surface area contributed by atoms with Crippen LogP contribution in [0.25, 0.3) is 0 Å². The number of aromatic nitrogens is 1. The van der Waals surface area contributed by atoms with Crippen LogP contribution in [-0.4, -0.2) is 4.98 Å². The van der Waals surface area contributed by atoms with E-state index in [0.29, 0.717) is 12.3 Å². The molecule has 0 unspecified atom stereocenters. The van der Waals surface area contributed by atoms with Crippen molar-refractivity contribution in [2.75, 3.05) is 0 Å².